The highest BCUT2D eigenvalue weighted by Gasteiger charge is 2.14. The zero-order valence-electron chi connectivity index (χ0n) is 10.7. The lowest BCUT2D eigenvalue weighted by molar-refractivity contribution is -0.132. The summed E-state index contributed by atoms with van der Waals surface area (Å²) in [6.45, 7) is 0. The maximum absolute atomic E-state index is 11.8. The smallest absolute Gasteiger partial charge is 0.314 e. The molecular weight excluding hydrogens is 405 g/mol. The Bertz CT molecular complexity index is 689. The van der Waals surface area contributed by atoms with Gasteiger partial charge in [0, 0.05) is 14.9 Å². The SMILES string of the molecule is Nc1ccc(NC(=O)C(=O)Nc2ccc(I)cc2)cc1Cl. The summed E-state index contributed by atoms with van der Waals surface area (Å²) in [5, 5.41) is 5.26. The second-order valence-electron chi connectivity index (χ2n) is 4.15. The van der Waals surface area contributed by atoms with Gasteiger partial charge in [0.05, 0.1) is 10.7 Å². The summed E-state index contributed by atoms with van der Waals surface area (Å²) in [6, 6.07) is 11.7. The highest BCUT2D eigenvalue weighted by Crippen LogP contribution is 2.22. The molecule has 0 aliphatic heterocycles. The van der Waals surface area contributed by atoms with Crippen LogP contribution in [0.25, 0.3) is 0 Å². The quantitative estimate of drug-likeness (QED) is 0.400. The fraction of sp³-hybridized carbons (Fsp3) is 0. The molecule has 0 bridgehead atoms. The van der Waals surface area contributed by atoms with Crippen LogP contribution in [0.5, 0.6) is 0 Å². The van der Waals surface area contributed by atoms with Gasteiger partial charge in [-0.25, -0.2) is 0 Å². The van der Waals surface area contributed by atoms with E-state index in [1.165, 1.54) is 6.07 Å². The number of halogens is 2. The van der Waals surface area contributed by atoms with Gasteiger partial charge in [-0.2, -0.15) is 0 Å². The lowest BCUT2D eigenvalue weighted by atomic mass is 10.3. The van der Waals surface area contributed by atoms with E-state index in [0.29, 0.717) is 22.1 Å². The molecular formula is C14H11ClIN3O2. The normalized spacial score (nSPS) is 10.0. The molecule has 108 valence electrons. The first-order valence-corrected chi connectivity index (χ1v) is 7.34. The number of carbonyl (C=O) groups is 2. The first-order valence-electron chi connectivity index (χ1n) is 5.88. The van der Waals surface area contributed by atoms with Crippen molar-refractivity contribution in [1.29, 1.82) is 0 Å². The molecule has 2 aromatic carbocycles. The third kappa shape index (κ3) is 4.33. The molecule has 7 heteroatoms. The van der Waals surface area contributed by atoms with E-state index in [2.05, 4.69) is 33.2 Å². The highest BCUT2D eigenvalue weighted by molar-refractivity contribution is 14.1. The molecule has 4 N–H and O–H groups in total. The predicted molar refractivity (Wildman–Crippen MR) is 92.3 cm³/mol. The molecule has 0 fully saturated rings. The Morgan fingerprint density at radius 2 is 1.48 bits per heavy atom. The third-order valence-electron chi connectivity index (χ3n) is 2.57. The van der Waals surface area contributed by atoms with Gasteiger partial charge in [-0.1, -0.05) is 11.6 Å². The van der Waals surface area contributed by atoms with Gasteiger partial charge in [-0.3, -0.25) is 9.59 Å². The average molecular weight is 416 g/mol. The van der Waals surface area contributed by atoms with Crippen LogP contribution >= 0.6 is 34.2 Å². The Morgan fingerprint density at radius 3 is 2.05 bits per heavy atom. The second-order valence-corrected chi connectivity index (χ2v) is 5.80. The van der Waals surface area contributed by atoms with Crippen molar-refractivity contribution < 1.29 is 9.59 Å². The van der Waals surface area contributed by atoms with Crippen LogP contribution in [0.15, 0.2) is 42.5 Å². The molecule has 0 atom stereocenters. The van der Waals surface area contributed by atoms with Gasteiger partial charge in [0.1, 0.15) is 0 Å². The third-order valence-corrected chi connectivity index (χ3v) is 3.61. The van der Waals surface area contributed by atoms with Crippen LogP contribution in [0.1, 0.15) is 0 Å². The lowest BCUT2D eigenvalue weighted by Gasteiger charge is -2.07. The molecule has 0 radical (unpaired) electrons. The van der Waals surface area contributed by atoms with E-state index in [1.807, 2.05) is 12.1 Å². The largest absolute Gasteiger partial charge is 0.398 e. The van der Waals surface area contributed by atoms with Crippen molar-refractivity contribution in [3.05, 3.63) is 51.1 Å². The Kier molecular flexibility index (Phi) is 5.03. The van der Waals surface area contributed by atoms with Crippen LogP contribution in [0.4, 0.5) is 17.1 Å². The minimum absolute atomic E-state index is 0.311. The van der Waals surface area contributed by atoms with Crippen molar-refractivity contribution in [1.82, 2.24) is 0 Å². The number of amides is 2. The molecule has 0 aliphatic rings. The van der Waals surface area contributed by atoms with Crippen LogP contribution in [0, 0.1) is 3.57 Å². The fourth-order valence-corrected chi connectivity index (χ4v) is 2.05. The Hall–Kier alpha value is -1.80. The monoisotopic (exact) mass is 415 g/mol. The lowest BCUT2D eigenvalue weighted by Crippen LogP contribution is -2.29. The van der Waals surface area contributed by atoms with Gasteiger partial charge >= 0.3 is 11.8 Å². The number of hydrogen-bond donors (Lipinski definition) is 3. The summed E-state index contributed by atoms with van der Waals surface area (Å²) < 4.78 is 1.03. The van der Waals surface area contributed by atoms with E-state index >= 15 is 0 Å². The van der Waals surface area contributed by atoms with Crippen molar-refractivity contribution in [2.45, 2.75) is 0 Å². The molecule has 0 heterocycles. The average Bonchev–Trinajstić information content (AvgIpc) is 2.45. The van der Waals surface area contributed by atoms with Gasteiger partial charge in [0.25, 0.3) is 0 Å². The van der Waals surface area contributed by atoms with E-state index in [4.69, 9.17) is 17.3 Å². The Labute approximate surface area is 140 Å². The standard InChI is InChI=1S/C14H11ClIN3O2/c15-11-7-10(5-6-12(11)17)19-14(21)13(20)18-9-3-1-8(16)2-4-9/h1-7H,17H2,(H,18,20)(H,19,21). The molecule has 0 saturated heterocycles. The van der Waals surface area contributed by atoms with Crippen molar-refractivity contribution in [2.75, 3.05) is 16.4 Å². The van der Waals surface area contributed by atoms with E-state index in [-0.39, 0.29) is 0 Å². The maximum atomic E-state index is 11.8. The van der Waals surface area contributed by atoms with Gasteiger partial charge in [0.15, 0.2) is 0 Å². The predicted octanol–water partition coefficient (Wildman–Crippen LogP) is 3.10. The first-order chi connectivity index (χ1) is 9.95. The van der Waals surface area contributed by atoms with E-state index in [9.17, 15) is 9.59 Å². The van der Waals surface area contributed by atoms with Crippen LogP contribution in [-0.2, 0) is 9.59 Å². The number of nitrogens with one attached hydrogen (secondary N) is 2. The van der Waals surface area contributed by atoms with E-state index in [0.717, 1.165) is 3.57 Å². The summed E-state index contributed by atoms with van der Waals surface area (Å²) in [4.78, 5) is 23.6. The zero-order chi connectivity index (χ0) is 15.4. The molecule has 0 aliphatic carbocycles. The molecule has 0 unspecified atom stereocenters. The fourth-order valence-electron chi connectivity index (χ4n) is 1.51. The van der Waals surface area contributed by atoms with Crippen molar-refractivity contribution in [3.8, 4) is 0 Å². The van der Waals surface area contributed by atoms with Crippen molar-refractivity contribution >= 4 is 63.1 Å². The second kappa shape index (κ2) is 6.77. The number of anilines is 3. The van der Waals surface area contributed by atoms with E-state index < -0.39 is 11.8 Å². The molecule has 5 nitrogen and oxygen atoms in total. The number of nitrogen functional groups attached to an aromatic ring is 1. The molecule has 21 heavy (non-hydrogen) atoms. The molecule has 2 aromatic rings. The van der Waals surface area contributed by atoms with Crippen LogP contribution in [0.3, 0.4) is 0 Å². The maximum Gasteiger partial charge on any atom is 0.314 e. The minimum Gasteiger partial charge on any atom is -0.398 e. The Morgan fingerprint density at radius 1 is 0.952 bits per heavy atom. The van der Waals surface area contributed by atoms with Crippen LogP contribution in [0.2, 0.25) is 5.02 Å². The van der Waals surface area contributed by atoms with Gasteiger partial charge < -0.3 is 16.4 Å². The molecule has 0 saturated carbocycles. The summed E-state index contributed by atoms with van der Waals surface area (Å²) in [6.07, 6.45) is 0. The zero-order valence-corrected chi connectivity index (χ0v) is 13.6. The summed E-state index contributed by atoms with van der Waals surface area (Å²) >= 11 is 7.99. The number of nitrogens with two attached hydrogens (primary N) is 1. The summed E-state index contributed by atoms with van der Waals surface area (Å²) in [7, 11) is 0. The molecule has 2 rings (SSSR count). The van der Waals surface area contributed by atoms with Crippen molar-refractivity contribution in [2.24, 2.45) is 0 Å². The van der Waals surface area contributed by atoms with E-state index in [1.54, 1.807) is 24.3 Å². The van der Waals surface area contributed by atoms with Crippen molar-refractivity contribution in [3.63, 3.8) is 0 Å². The number of hydrogen-bond acceptors (Lipinski definition) is 3. The summed E-state index contributed by atoms with van der Waals surface area (Å²) in [5.74, 6) is -1.54. The number of rotatable bonds is 2. The number of benzene rings is 2. The molecule has 2 amide bonds. The topological polar surface area (TPSA) is 84.2 Å². The first kappa shape index (κ1) is 15.6. The highest BCUT2D eigenvalue weighted by atomic mass is 127. The summed E-state index contributed by atoms with van der Waals surface area (Å²) in [5.41, 5.74) is 6.92. The van der Waals surface area contributed by atoms with Gasteiger partial charge in [0.2, 0.25) is 0 Å². The van der Waals surface area contributed by atoms with Gasteiger partial charge in [-0.15, -0.1) is 0 Å². The molecule has 0 spiro atoms. The van der Waals surface area contributed by atoms with Crippen LogP contribution < -0.4 is 16.4 Å². The van der Waals surface area contributed by atoms with Crippen LogP contribution in [-0.4, -0.2) is 11.8 Å². The Balaban J connectivity index is 2.00. The minimum atomic E-state index is -0.783. The van der Waals surface area contributed by atoms with Gasteiger partial charge in [-0.05, 0) is 65.1 Å². The molecule has 0 aromatic heterocycles. The number of carbonyl (C=O) groups excluding carboxylic acids is 2.